The van der Waals surface area contributed by atoms with Crippen LogP contribution in [0, 0.1) is 0 Å². The summed E-state index contributed by atoms with van der Waals surface area (Å²) in [6, 6.07) is -1.65. The first-order chi connectivity index (χ1) is 24.9. The molecule has 4 saturated heterocycles. The van der Waals surface area contributed by atoms with Crippen molar-refractivity contribution >= 4 is 17.8 Å². The maximum atomic E-state index is 12.5. The van der Waals surface area contributed by atoms with Gasteiger partial charge < -0.3 is 93.9 Å². The second-order valence-corrected chi connectivity index (χ2v) is 13.3. The number of ether oxygens (including phenoxy) is 9. The van der Waals surface area contributed by atoms with Crippen LogP contribution in [0.5, 0.6) is 0 Å². The van der Waals surface area contributed by atoms with Crippen molar-refractivity contribution in [2.75, 3.05) is 13.2 Å². The van der Waals surface area contributed by atoms with E-state index < -0.39 is 147 Å². The Kier molecular flexibility index (Phi) is 15.3. The molecule has 53 heavy (non-hydrogen) atoms. The molecule has 0 spiro atoms. The van der Waals surface area contributed by atoms with Crippen LogP contribution in [0.15, 0.2) is 0 Å². The number of nitrogens with one attached hydrogen (secondary N) is 1. The van der Waals surface area contributed by atoms with E-state index >= 15 is 0 Å². The van der Waals surface area contributed by atoms with E-state index in [2.05, 4.69) is 5.32 Å². The predicted octanol–water partition coefficient (Wildman–Crippen LogP) is -5.45. The third-order valence-electron chi connectivity index (χ3n) is 9.24. The van der Waals surface area contributed by atoms with Crippen LogP contribution >= 0.6 is 0 Å². The number of carbonyl (C=O) groups is 3. The number of rotatable bonds is 13. The minimum Gasteiger partial charge on any atom is -0.479 e. The van der Waals surface area contributed by atoms with Gasteiger partial charge >= 0.3 is 11.9 Å². The van der Waals surface area contributed by atoms with E-state index in [-0.39, 0.29) is 6.61 Å². The maximum absolute atomic E-state index is 12.5. The number of carboxylic acid groups (broad SMARTS) is 1. The Hall–Kier alpha value is -2.23. The topological polar surface area (TPSA) is 328 Å². The number of carboxylic acids is 1. The van der Waals surface area contributed by atoms with Crippen molar-refractivity contribution in [1.82, 2.24) is 5.32 Å². The van der Waals surface area contributed by atoms with Crippen molar-refractivity contribution in [3.63, 3.8) is 0 Å². The molecule has 8 unspecified atom stereocenters. The first-order valence-electron chi connectivity index (χ1n) is 17.2. The van der Waals surface area contributed by atoms with Gasteiger partial charge in [-0.25, -0.2) is 4.79 Å². The summed E-state index contributed by atoms with van der Waals surface area (Å²) in [4.78, 5) is 36.2. The number of aliphatic hydroxyl groups is 8. The normalized spacial score (nSPS) is 46.4. The van der Waals surface area contributed by atoms with Gasteiger partial charge in [0, 0.05) is 20.5 Å². The quantitative estimate of drug-likeness (QED) is 0.0781. The molecule has 0 saturated carbocycles. The molecular formula is C31H51NO21. The number of hydrogen-bond acceptors (Lipinski definition) is 20. The molecule has 22 nitrogen and oxygen atoms in total. The molecule has 0 bridgehead atoms. The van der Waals surface area contributed by atoms with Gasteiger partial charge in [-0.1, -0.05) is 6.92 Å². The number of esters is 1. The summed E-state index contributed by atoms with van der Waals surface area (Å²) in [5.41, 5.74) is 0. The molecule has 4 aliphatic rings. The highest BCUT2D eigenvalue weighted by molar-refractivity contribution is 5.73. The van der Waals surface area contributed by atoms with Gasteiger partial charge in [0.15, 0.2) is 37.4 Å². The molecule has 0 aromatic heterocycles. The van der Waals surface area contributed by atoms with Crippen LogP contribution in [0.4, 0.5) is 0 Å². The summed E-state index contributed by atoms with van der Waals surface area (Å²) in [6.07, 6.45) is -31.5. The van der Waals surface area contributed by atoms with E-state index in [1.165, 1.54) is 13.8 Å². The molecule has 0 radical (unpaired) electrons. The average Bonchev–Trinajstić information content (AvgIpc) is 3.09. The summed E-state index contributed by atoms with van der Waals surface area (Å²) in [5, 5.41) is 97.6. The number of aliphatic carboxylic acids is 1. The Morgan fingerprint density at radius 2 is 1.25 bits per heavy atom. The molecule has 4 heterocycles. The van der Waals surface area contributed by atoms with E-state index in [0.29, 0.717) is 6.42 Å². The zero-order valence-electron chi connectivity index (χ0n) is 29.6. The first kappa shape index (κ1) is 43.5. The minimum absolute atomic E-state index is 0.155. The second kappa shape index (κ2) is 18.6. The van der Waals surface area contributed by atoms with E-state index in [9.17, 15) is 60.3 Å². The number of aliphatic hydroxyl groups excluding tert-OH is 8. The fourth-order valence-electron chi connectivity index (χ4n) is 6.48. The summed E-state index contributed by atoms with van der Waals surface area (Å²) in [6.45, 7) is 6.11. The van der Waals surface area contributed by atoms with Gasteiger partial charge in [-0.3, -0.25) is 9.59 Å². The van der Waals surface area contributed by atoms with E-state index in [4.69, 9.17) is 42.6 Å². The zero-order chi connectivity index (χ0) is 39.5. The van der Waals surface area contributed by atoms with Gasteiger partial charge in [0.25, 0.3) is 0 Å². The summed E-state index contributed by atoms with van der Waals surface area (Å²) >= 11 is 0. The summed E-state index contributed by atoms with van der Waals surface area (Å²) < 4.78 is 51.7. The molecule has 306 valence electrons. The van der Waals surface area contributed by atoms with Crippen molar-refractivity contribution < 1.29 is 103 Å². The molecule has 4 rings (SSSR count). The molecule has 10 N–H and O–H groups in total. The van der Waals surface area contributed by atoms with Crippen LogP contribution in [-0.2, 0) is 57.0 Å². The molecule has 0 aromatic rings. The Labute approximate surface area is 303 Å². The van der Waals surface area contributed by atoms with Gasteiger partial charge in [0.1, 0.15) is 73.2 Å². The lowest BCUT2D eigenvalue weighted by atomic mass is 9.94. The molecule has 0 aromatic carbocycles. The minimum atomic E-state index is -2.11. The Morgan fingerprint density at radius 3 is 1.83 bits per heavy atom. The second-order valence-electron chi connectivity index (χ2n) is 13.3. The highest BCUT2D eigenvalue weighted by Crippen LogP contribution is 2.35. The Bertz CT molecular complexity index is 1230. The Balaban J connectivity index is 1.70. The maximum Gasteiger partial charge on any atom is 0.335 e. The van der Waals surface area contributed by atoms with Crippen molar-refractivity contribution in [2.24, 2.45) is 0 Å². The van der Waals surface area contributed by atoms with Crippen LogP contribution in [0.1, 0.15) is 41.0 Å². The standard InChI is InChI=1S/C31H51NO21/c1-6-7-45-30-25(18(39)15(36)9(2)46-30)53-31-26(21(42)22(10(3)47-31)48-12(5)35)52-28-14(32-11(4)34)23(16(37)13(8-33)49-28)50-29-20(41)17(38)19(40)24(51-29)27(43)44/h9-10,13-26,28-31,33,36-42H,6-8H2,1-5H3,(H,32,34)(H,43,44)/t9?,10?,13?,14-,15-,16-,17?,18?,19+,20-,21?,22-,23?,24?,25-,26-,28-,29+,30+,31-/m0/s1. The first-order valence-corrected chi connectivity index (χ1v) is 17.2. The molecule has 22 heteroatoms. The van der Waals surface area contributed by atoms with Crippen molar-refractivity contribution in [3.05, 3.63) is 0 Å². The molecule has 4 fully saturated rings. The summed E-state index contributed by atoms with van der Waals surface area (Å²) in [7, 11) is 0. The van der Waals surface area contributed by atoms with E-state index in [1.807, 2.05) is 6.92 Å². The lowest BCUT2D eigenvalue weighted by Crippen LogP contribution is -2.70. The predicted molar refractivity (Wildman–Crippen MR) is 167 cm³/mol. The molecule has 0 aliphatic carbocycles. The molecule has 4 aliphatic heterocycles. The van der Waals surface area contributed by atoms with Gasteiger partial charge in [-0.05, 0) is 20.3 Å². The number of hydrogen-bond donors (Lipinski definition) is 10. The molecule has 20 atom stereocenters. The van der Waals surface area contributed by atoms with Crippen LogP contribution < -0.4 is 5.32 Å². The van der Waals surface area contributed by atoms with Crippen molar-refractivity contribution in [2.45, 2.75) is 164 Å². The van der Waals surface area contributed by atoms with Gasteiger partial charge in [0.2, 0.25) is 5.91 Å². The summed E-state index contributed by atoms with van der Waals surface area (Å²) in [5.74, 6) is -3.33. The number of amides is 1. The van der Waals surface area contributed by atoms with Gasteiger partial charge in [-0.2, -0.15) is 0 Å². The number of carbonyl (C=O) groups excluding carboxylic acids is 2. The zero-order valence-corrected chi connectivity index (χ0v) is 29.6. The van der Waals surface area contributed by atoms with E-state index in [0.717, 1.165) is 13.8 Å². The van der Waals surface area contributed by atoms with E-state index in [1.54, 1.807) is 0 Å². The van der Waals surface area contributed by atoms with Gasteiger partial charge in [0.05, 0.1) is 18.8 Å². The lowest BCUT2D eigenvalue weighted by Gasteiger charge is -2.50. The largest absolute Gasteiger partial charge is 0.479 e. The van der Waals surface area contributed by atoms with Gasteiger partial charge in [-0.15, -0.1) is 0 Å². The van der Waals surface area contributed by atoms with Crippen LogP contribution in [0.2, 0.25) is 0 Å². The lowest BCUT2D eigenvalue weighted by molar-refractivity contribution is -0.389. The monoisotopic (exact) mass is 773 g/mol. The fourth-order valence-corrected chi connectivity index (χ4v) is 6.48. The molecular weight excluding hydrogens is 722 g/mol. The molecule has 1 amide bonds. The average molecular weight is 774 g/mol. The van der Waals surface area contributed by atoms with Crippen molar-refractivity contribution in [1.29, 1.82) is 0 Å². The third-order valence-corrected chi connectivity index (χ3v) is 9.24. The Morgan fingerprint density at radius 1 is 0.642 bits per heavy atom. The smallest absolute Gasteiger partial charge is 0.335 e. The van der Waals surface area contributed by atoms with Crippen LogP contribution in [0.3, 0.4) is 0 Å². The van der Waals surface area contributed by atoms with Crippen LogP contribution in [0.25, 0.3) is 0 Å². The fraction of sp³-hybridized carbons (Fsp3) is 0.903. The van der Waals surface area contributed by atoms with Crippen molar-refractivity contribution in [3.8, 4) is 0 Å². The van der Waals surface area contributed by atoms with Crippen LogP contribution in [-0.4, -0.2) is 200 Å². The third kappa shape index (κ3) is 9.78. The SMILES string of the molecule is CCCO[C@@H]1OC(C)[C@H](O)C(O)[C@@H]1O[C@@H]1OC(C)[C@H](OC(C)=O)C(O)[C@@H]1O[C@@H]1OC(CO)[C@H](O)C(O[C@@H]2OC(C(=O)O)[C@H](O)C(O)[C@@H]2O)[C@@H]1NC(C)=O. The highest BCUT2D eigenvalue weighted by atomic mass is 16.8. The highest BCUT2D eigenvalue weighted by Gasteiger charge is 2.56.